The number of nitrogens with two attached hydrogens (primary N) is 2. The molecule has 23 heavy (non-hydrogen) atoms. The number of carbonyl (C=O) groups is 2. The van der Waals surface area contributed by atoms with Gasteiger partial charge in [-0.15, -0.1) is 0 Å². The summed E-state index contributed by atoms with van der Waals surface area (Å²) in [5.74, 6) is 0.801. The molecule has 2 aliphatic carbocycles. The molecule has 0 aliphatic heterocycles. The predicted molar refractivity (Wildman–Crippen MR) is 88.3 cm³/mol. The zero-order valence-electron chi connectivity index (χ0n) is 13.3. The van der Waals surface area contributed by atoms with Crippen molar-refractivity contribution in [2.24, 2.45) is 29.2 Å². The summed E-state index contributed by atoms with van der Waals surface area (Å²) in [4.78, 5) is 23.5. The van der Waals surface area contributed by atoms with Crippen molar-refractivity contribution in [2.45, 2.75) is 44.7 Å². The molecular weight excluding hydrogens is 290 g/mol. The zero-order chi connectivity index (χ0) is 16.4. The third-order valence-electron chi connectivity index (χ3n) is 5.49. The van der Waals surface area contributed by atoms with Crippen molar-refractivity contribution in [2.75, 3.05) is 0 Å². The second-order valence-corrected chi connectivity index (χ2v) is 6.98. The Morgan fingerprint density at radius 3 is 2.26 bits per heavy atom. The number of amides is 2. The summed E-state index contributed by atoms with van der Waals surface area (Å²) in [5.41, 5.74) is 13.0. The maximum atomic E-state index is 12.5. The molecule has 2 unspecified atom stereocenters. The number of rotatable bonds is 4. The lowest BCUT2D eigenvalue weighted by atomic mass is 9.65. The van der Waals surface area contributed by atoms with Gasteiger partial charge in [0.1, 0.15) is 0 Å². The fraction of sp³-hybridized carbons (Fsp3) is 0.556. The Kier molecular flexibility index (Phi) is 4.66. The van der Waals surface area contributed by atoms with Crippen LogP contribution in [0.15, 0.2) is 24.3 Å². The molecule has 2 atom stereocenters. The van der Waals surface area contributed by atoms with Crippen LogP contribution in [0.4, 0.5) is 0 Å². The predicted octanol–water partition coefficient (Wildman–Crippen LogP) is 1.56. The van der Waals surface area contributed by atoms with Crippen molar-refractivity contribution < 1.29 is 9.59 Å². The molecule has 2 aliphatic rings. The first-order valence-electron chi connectivity index (χ1n) is 8.46. The molecule has 2 fully saturated rings. The van der Waals surface area contributed by atoms with Gasteiger partial charge in [-0.1, -0.05) is 18.6 Å². The Hall–Kier alpha value is -1.88. The van der Waals surface area contributed by atoms with Crippen LogP contribution in [0.1, 0.15) is 48.0 Å². The van der Waals surface area contributed by atoms with E-state index in [1.807, 2.05) is 12.1 Å². The summed E-state index contributed by atoms with van der Waals surface area (Å²) in [7, 11) is 0. The van der Waals surface area contributed by atoms with Gasteiger partial charge in [0, 0.05) is 24.1 Å². The lowest BCUT2D eigenvalue weighted by molar-refractivity contribution is -0.128. The highest BCUT2D eigenvalue weighted by atomic mass is 16.2. The monoisotopic (exact) mass is 315 g/mol. The minimum absolute atomic E-state index is 0.0926. The van der Waals surface area contributed by atoms with Crippen molar-refractivity contribution >= 4 is 11.8 Å². The van der Waals surface area contributed by atoms with E-state index in [0.29, 0.717) is 23.9 Å². The van der Waals surface area contributed by atoms with Crippen LogP contribution in [0.3, 0.4) is 0 Å². The molecule has 5 heteroatoms. The van der Waals surface area contributed by atoms with Gasteiger partial charge in [0.25, 0.3) is 0 Å². The van der Waals surface area contributed by atoms with Gasteiger partial charge in [-0.3, -0.25) is 9.59 Å². The van der Waals surface area contributed by atoms with Crippen LogP contribution in [0.2, 0.25) is 0 Å². The zero-order valence-corrected chi connectivity index (χ0v) is 13.3. The van der Waals surface area contributed by atoms with E-state index in [9.17, 15) is 9.59 Å². The van der Waals surface area contributed by atoms with Gasteiger partial charge in [-0.2, -0.15) is 0 Å². The molecule has 3 rings (SSSR count). The van der Waals surface area contributed by atoms with Crippen LogP contribution in [0.25, 0.3) is 0 Å². The number of carbonyl (C=O) groups excluding carboxylic acids is 2. The van der Waals surface area contributed by atoms with E-state index < -0.39 is 5.91 Å². The topological polar surface area (TPSA) is 98.2 Å². The first-order chi connectivity index (χ1) is 11.0. The van der Waals surface area contributed by atoms with E-state index in [2.05, 4.69) is 5.32 Å². The molecule has 2 amide bonds. The number of hydrogen-bond donors (Lipinski definition) is 3. The molecule has 0 saturated heterocycles. The second-order valence-electron chi connectivity index (χ2n) is 6.98. The van der Waals surface area contributed by atoms with Crippen molar-refractivity contribution in [1.82, 2.24) is 5.32 Å². The van der Waals surface area contributed by atoms with Gasteiger partial charge in [-0.25, -0.2) is 0 Å². The molecule has 0 heterocycles. The minimum Gasteiger partial charge on any atom is -0.366 e. The Labute approximate surface area is 136 Å². The van der Waals surface area contributed by atoms with E-state index in [1.165, 1.54) is 6.42 Å². The van der Waals surface area contributed by atoms with E-state index >= 15 is 0 Å². The highest BCUT2D eigenvalue weighted by Gasteiger charge is 2.40. The number of hydrogen-bond acceptors (Lipinski definition) is 3. The Balaban J connectivity index is 1.54. The van der Waals surface area contributed by atoms with E-state index in [1.54, 1.807) is 12.1 Å². The molecule has 1 aromatic carbocycles. The summed E-state index contributed by atoms with van der Waals surface area (Å²) in [6.07, 6.45) is 5.42. The molecule has 5 nitrogen and oxygen atoms in total. The Bertz CT molecular complexity index is 570. The molecule has 2 saturated carbocycles. The van der Waals surface area contributed by atoms with Gasteiger partial charge >= 0.3 is 0 Å². The van der Waals surface area contributed by atoms with Crippen LogP contribution < -0.4 is 16.8 Å². The van der Waals surface area contributed by atoms with Gasteiger partial charge in [-0.05, 0) is 55.2 Å². The summed E-state index contributed by atoms with van der Waals surface area (Å²) < 4.78 is 0. The second kappa shape index (κ2) is 6.71. The minimum atomic E-state index is -0.439. The van der Waals surface area contributed by atoms with Crippen molar-refractivity contribution in [3.8, 4) is 0 Å². The molecule has 1 aromatic rings. The van der Waals surface area contributed by atoms with E-state index in [0.717, 1.165) is 31.2 Å². The van der Waals surface area contributed by atoms with Crippen molar-refractivity contribution in [1.29, 1.82) is 0 Å². The molecule has 0 aromatic heterocycles. The summed E-state index contributed by atoms with van der Waals surface area (Å²) in [6.45, 7) is 0.482. The normalized spacial score (nSPS) is 29.8. The fourth-order valence-corrected chi connectivity index (χ4v) is 4.12. The number of fused-ring (bicyclic) bond motifs is 2. The third kappa shape index (κ3) is 3.55. The highest BCUT2D eigenvalue weighted by Crippen LogP contribution is 2.41. The van der Waals surface area contributed by atoms with Gasteiger partial charge in [0.05, 0.1) is 0 Å². The fourth-order valence-electron chi connectivity index (χ4n) is 4.12. The molecule has 2 bridgehead atoms. The van der Waals surface area contributed by atoms with Gasteiger partial charge < -0.3 is 16.8 Å². The Morgan fingerprint density at radius 2 is 1.70 bits per heavy atom. The molecular formula is C18H25N3O2. The van der Waals surface area contributed by atoms with Crippen LogP contribution in [-0.4, -0.2) is 17.9 Å². The summed E-state index contributed by atoms with van der Waals surface area (Å²) in [6, 6.07) is 7.31. The lowest BCUT2D eigenvalue weighted by Gasteiger charge is -2.43. The Morgan fingerprint density at radius 1 is 1.09 bits per heavy atom. The number of primary amides is 1. The summed E-state index contributed by atoms with van der Waals surface area (Å²) >= 11 is 0. The third-order valence-corrected chi connectivity index (χ3v) is 5.49. The molecule has 0 radical (unpaired) electrons. The van der Waals surface area contributed by atoms with Crippen molar-refractivity contribution in [3.63, 3.8) is 0 Å². The van der Waals surface area contributed by atoms with Gasteiger partial charge in [0.15, 0.2) is 0 Å². The molecule has 124 valence electrons. The average Bonchev–Trinajstić information content (AvgIpc) is 2.52. The first kappa shape index (κ1) is 16.0. The van der Waals surface area contributed by atoms with Gasteiger partial charge in [0.2, 0.25) is 11.8 Å². The lowest BCUT2D eigenvalue weighted by Crippen LogP contribution is -2.49. The summed E-state index contributed by atoms with van der Waals surface area (Å²) in [5, 5.41) is 3.03. The van der Waals surface area contributed by atoms with E-state index in [4.69, 9.17) is 11.5 Å². The van der Waals surface area contributed by atoms with Crippen LogP contribution >= 0.6 is 0 Å². The largest absolute Gasteiger partial charge is 0.366 e. The SMILES string of the molecule is NC(=O)c1ccc(CNC(=O)C2CC3CCCC(C2)C3N)cc1. The van der Waals surface area contributed by atoms with Crippen molar-refractivity contribution in [3.05, 3.63) is 35.4 Å². The maximum absolute atomic E-state index is 12.5. The van der Waals surface area contributed by atoms with Crippen LogP contribution in [0, 0.1) is 17.8 Å². The molecule has 5 N–H and O–H groups in total. The number of benzene rings is 1. The highest BCUT2D eigenvalue weighted by molar-refractivity contribution is 5.92. The molecule has 0 spiro atoms. The van der Waals surface area contributed by atoms with Crippen LogP contribution in [0.5, 0.6) is 0 Å². The number of nitrogens with one attached hydrogen (secondary N) is 1. The smallest absolute Gasteiger partial charge is 0.248 e. The first-order valence-corrected chi connectivity index (χ1v) is 8.46. The quantitative estimate of drug-likeness (QED) is 0.786. The van der Waals surface area contributed by atoms with Crippen LogP contribution in [-0.2, 0) is 11.3 Å². The van der Waals surface area contributed by atoms with E-state index in [-0.39, 0.29) is 17.9 Å². The average molecular weight is 315 g/mol. The standard InChI is InChI=1S/C18H25N3O2/c19-16-13-2-1-3-14(16)9-15(8-13)18(23)21-10-11-4-6-12(7-5-11)17(20)22/h4-7,13-16H,1-3,8-10,19H2,(H2,20,22)(H,21,23). The maximum Gasteiger partial charge on any atom is 0.248 e.